The van der Waals surface area contributed by atoms with Gasteiger partial charge in [0.05, 0.1) is 0 Å². The van der Waals surface area contributed by atoms with E-state index in [1.807, 2.05) is 0 Å². The maximum atomic E-state index is 3.74. The molecule has 102 valence electrons. The first-order chi connectivity index (χ1) is 8.60. The lowest BCUT2D eigenvalue weighted by Gasteiger charge is -2.24. The van der Waals surface area contributed by atoms with Crippen LogP contribution in [0.4, 0.5) is 0 Å². The van der Waals surface area contributed by atoms with E-state index in [1.165, 1.54) is 34.9 Å². The third kappa shape index (κ3) is 4.40. The summed E-state index contributed by atoms with van der Waals surface area (Å²) in [5, 5.41) is 3.69. The Balaban J connectivity index is 2.90. The summed E-state index contributed by atoms with van der Waals surface area (Å²) in [5.74, 6) is 0.756. The van der Waals surface area contributed by atoms with E-state index in [9.17, 15) is 0 Å². The van der Waals surface area contributed by atoms with E-state index in [-0.39, 0.29) is 0 Å². The van der Waals surface area contributed by atoms with Gasteiger partial charge in [-0.1, -0.05) is 61.3 Å². The minimum absolute atomic E-state index is 0.467. The normalized spacial score (nSPS) is 14.5. The molecule has 0 saturated carbocycles. The van der Waals surface area contributed by atoms with Crippen LogP contribution >= 0.6 is 15.9 Å². The lowest BCUT2D eigenvalue weighted by Crippen LogP contribution is -2.24. The molecule has 1 N–H and O–H groups in total. The van der Waals surface area contributed by atoms with Gasteiger partial charge in [-0.25, -0.2) is 0 Å². The summed E-state index contributed by atoms with van der Waals surface area (Å²) in [7, 11) is 0. The highest BCUT2D eigenvalue weighted by Crippen LogP contribution is 2.31. The Morgan fingerprint density at radius 1 is 1.28 bits per heavy atom. The Bertz CT molecular complexity index is 362. The second kappa shape index (κ2) is 7.96. The van der Waals surface area contributed by atoms with Gasteiger partial charge in [0.1, 0.15) is 0 Å². The van der Waals surface area contributed by atoms with E-state index in [4.69, 9.17) is 0 Å². The number of hydrogen-bond donors (Lipinski definition) is 1. The molecule has 0 heterocycles. The van der Waals surface area contributed by atoms with Crippen LogP contribution in [0.2, 0.25) is 0 Å². The molecule has 18 heavy (non-hydrogen) atoms. The minimum Gasteiger partial charge on any atom is -0.310 e. The van der Waals surface area contributed by atoms with Gasteiger partial charge in [0.15, 0.2) is 0 Å². The summed E-state index contributed by atoms with van der Waals surface area (Å²) >= 11 is 3.74. The molecule has 0 aliphatic rings. The molecular weight excluding hydrogens is 286 g/mol. The van der Waals surface area contributed by atoms with Crippen molar-refractivity contribution in [2.75, 3.05) is 6.54 Å². The summed E-state index contributed by atoms with van der Waals surface area (Å²) in [5.41, 5.74) is 2.73. The third-order valence-electron chi connectivity index (χ3n) is 3.57. The number of halogens is 1. The lowest BCUT2D eigenvalue weighted by molar-refractivity contribution is 0.401. The zero-order chi connectivity index (χ0) is 13.5. The van der Waals surface area contributed by atoms with Gasteiger partial charge in [0, 0.05) is 10.5 Å². The molecule has 0 saturated heterocycles. The molecule has 2 unspecified atom stereocenters. The van der Waals surface area contributed by atoms with Crippen molar-refractivity contribution in [1.29, 1.82) is 0 Å². The molecule has 0 fully saturated rings. The van der Waals surface area contributed by atoms with E-state index in [0.29, 0.717) is 6.04 Å². The van der Waals surface area contributed by atoms with Crippen molar-refractivity contribution >= 4 is 15.9 Å². The van der Waals surface area contributed by atoms with Crippen molar-refractivity contribution in [3.8, 4) is 0 Å². The van der Waals surface area contributed by atoms with Crippen LogP contribution in [0.25, 0.3) is 0 Å². The van der Waals surface area contributed by atoms with Crippen LogP contribution in [0.15, 0.2) is 22.7 Å². The fourth-order valence-corrected chi connectivity index (χ4v) is 2.69. The number of nitrogens with one attached hydrogen (secondary N) is 1. The molecule has 1 aromatic rings. The molecule has 2 atom stereocenters. The Morgan fingerprint density at radius 2 is 2.00 bits per heavy atom. The van der Waals surface area contributed by atoms with E-state index in [1.54, 1.807) is 0 Å². The highest BCUT2D eigenvalue weighted by Gasteiger charge is 2.17. The van der Waals surface area contributed by atoms with Gasteiger partial charge in [-0.05, 0) is 43.4 Å². The molecule has 1 aromatic carbocycles. The lowest BCUT2D eigenvalue weighted by atomic mass is 9.93. The van der Waals surface area contributed by atoms with Gasteiger partial charge >= 0.3 is 0 Å². The number of benzene rings is 1. The first-order valence-electron chi connectivity index (χ1n) is 7.08. The van der Waals surface area contributed by atoms with Crippen molar-refractivity contribution in [2.24, 2.45) is 5.92 Å². The van der Waals surface area contributed by atoms with Crippen LogP contribution in [0.5, 0.6) is 0 Å². The van der Waals surface area contributed by atoms with Crippen LogP contribution in [-0.2, 0) is 0 Å². The molecule has 0 aliphatic carbocycles. The molecule has 0 radical (unpaired) electrons. The van der Waals surface area contributed by atoms with E-state index < -0.39 is 0 Å². The quantitative estimate of drug-likeness (QED) is 0.726. The van der Waals surface area contributed by atoms with Crippen LogP contribution in [0.3, 0.4) is 0 Å². The van der Waals surface area contributed by atoms with E-state index >= 15 is 0 Å². The van der Waals surface area contributed by atoms with Gasteiger partial charge in [-0.3, -0.25) is 0 Å². The summed E-state index contributed by atoms with van der Waals surface area (Å²) in [6.07, 6.45) is 3.63. The predicted molar refractivity (Wildman–Crippen MR) is 84.0 cm³/mol. The molecular formula is C16H26BrN. The SMILES string of the molecule is CCCNC(CC(C)CC)c1cccc(C)c1Br. The molecule has 0 aliphatic heterocycles. The van der Waals surface area contributed by atoms with Gasteiger partial charge in [0.25, 0.3) is 0 Å². The fraction of sp³-hybridized carbons (Fsp3) is 0.625. The standard InChI is InChI=1S/C16H26BrN/c1-5-10-18-15(11-12(3)6-2)14-9-7-8-13(4)16(14)17/h7-9,12,15,18H,5-6,10-11H2,1-4H3. The van der Waals surface area contributed by atoms with Crippen LogP contribution < -0.4 is 5.32 Å². The second-order valence-corrected chi connectivity index (χ2v) is 6.03. The number of hydrogen-bond acceptors (Lipinski definition) is 1. The summed E-state index contributed by atoms with van der Waals surface area (Å²) in [4.78, 5) is 0. The first-order valence-corrected chi connectivity index (χ1v) is 7.87. The molecule has 1 nitrogen and oxygen atoms in total. The van der Waals surface area contributed by atoms with Gasteiger partial charge in [-0.15, -0.1) is 0 Å². The molecule has 0 amide bonds. The van der Waals surface area contributed by atoms with Gasteiger partial charge in [0.2, 0.25) is 0 Å². The Hall–Kier alpha value is -0.340. The Morgan fingerprint density at radius 3 is 2.61 bits per heavy atom. The highest BCUT2D eigenvalue weighted by atomic mass is 79.9. The maximum absolute atomic E-state index is 3.74. The largest absolute Gasteiger partial charge is 0.310 e. The zero-order valence-corrected chi connectivity index (χ0v) is 13.7. The van der Waals surface area contributed by atoms with Crippen molar-refractivity contribution in [3.63, 3.8) is 0 Å². The summed E-state index contributed by atoms with van der Waals surface area (Å²) in [6.45, 7) is 10.1. The molecule has 0 spiro atoms. The fourth-order valence-electron chi connectivity index (χ4n) is 2.15. The van der Waals surface area contributed by atoms with E-state index in [2.05, 4.69) is 67.1 Å². The highest BCUT2D eigenvalue weighted by molar-refractivity contribution is 9.10. The molecule has 1 rings (SSSR count). The van der Waals surface area contributed by atoms with Crippen molar-refractivity contribution < 1.29 is 0 Å². The monoisotopic (exact) mass is 311 g/mol. The summed E-state index contributed by atoms with van der Waals surface area (Å²) in [6, 6.07) is 7.03. The maximum Gasteiger partial charge on any atom is 0.0334 e. The first kappa shape index (κ1) is 15.7. The van der Waals surface area contributed by atoms with E-state index in [0.717, 1.165) is 12.5 Å². The topological polar surface area (TPSA) is 12.0 Å². The Labute approximate surface area is 120 Å². The average molecular weight is 312 g/mol. The minimum atomic E-state index is 0.467. The van der Waals surface area contributed by atoms with Gasteiger partial charge < -0.3 is 5.32 Å². The molecule has 2 heteroatoms. The van der Waals surface area contributed by atoms with Gasteiger partial charge in [-0.2, -0.15) is 0 Å². The van der Waals surface area contributed by atoms with Crippen molar-refractivity contribution in [3.05, 3.63) is 33.8 Å². The smallest absolute Gasteiger partial charge is 0.0334 e. The van der Waals surface area contributed by atoms with Crippen LogP contribution in [0.1, 0.15) is 57.2 Å². The van der Waals surface area contributed by atoms with Crippen LogP contribution in [0, 0.1) is 12.8 Å². The third-order valence-corrected chi connectivity index (χ3v) is 4.66. The molecule has 0 aromatic heterocycles. The number of aryl methyl sites for hydroxylation is 1. The van der Waals surface area contributed by atoms with Crippen molar-refractivity contribution in [1.82, 2.24) is 5.32 Å². The summed E-state index contributed by atoms with van der Waals surface area (Å²) < 4.78 is 1.27. The van der Waals surface area contributed by atoms with Crippen molar-refractivity contribution in [2.45, 2.75) is 53.0 Å². The second-order valence-electron chi connectivity index (χ2n) is 5.23. The zero-order valence-electron chi connectivity index (χ0n) is 12.1. The Kier molecular flexibility index (Phi) is 6.95. The molecule has 0 bridgehead atoms. The average Bonchev–Trinajstić information content (AvgIpc) is 2.37. The van der Waals surface area contributed by atoms with Crippen LogP contribution in [-0.4, -0.2) is 6.54 Å². The predicted octanol–water partition coefficient (Wildman–Crippen LogP) is 5.23. The number of rotatable bonds is 7.